The number of methoxy groups -OCH3 is 1. The first-order valence-electron chi connectivity index (χ1n) is 12.7. The molecule has 3 fully saturated rings. The van der Waals surface area contributed by atoms with E-state index in [-0.39, 0.29) is 18.2 Å². The van der Waals surface area contributed by atoms with Gasteiger partial charge >= 0.3 is 0 Å². The smallest absolute Gasteiger partial charge is 0.255 e. The fourth-order valence-corrected chi connectivity index (χ4v) is 6.66. The molecule has 0 bridgehead atoms. The van der Waals surface area contributed by atoms with Crippen LogP contribution in [0.5, 0.6) is 0 Å². The lowest BCUT2D eigenvalue weighted by molar-refractivity contribution is -0.136. The van der Waals surface area contributed by atoms with Crippen LogP contribution in [0.1, 0.15) is 78.8 Å². The number of imide groups is 1. The highest BCUT2D eigenvalue weighted by Crippen LogP contribution is 2.40. The predicted molar refractivity (Wildman–Crippen MR) is 129 cm³/mol. The molecule has 8 heteroatoms. The number of carbonyl (C=O) groups is 3. The standard InChI is InChI=1S/C26H34ClN3O4/c1-34-18-4-2-16(3-5-18)14-29-12-10-17(11-13-29)19-6-7-20-21(24(19)27)15-30(26(20)33)22-8-9-23(31)28-25(22)32/h6-7,16-18,22H,2-5,8-15H2,1H3,(H,28,31,32). The first kappa shape index (κ1) is 23.8. The van der Waals surface area contributed by atoms with Crippen LogP contribution in [0.4, 0.5) is 0 Å². The van der Waals surface area contributed by atoms with E-state index >= 15 is 0 Å². The lowest BCUT2D eigenvalue weighted by Crippen LogP contribution is -2.52. The van der Waals surface area contributed by atoms with Gasteiger partial charge in [-0.2, -0.15) is 0 Å². The second kappa shape index (κ2) is 9.96. The van der Waals surface area contributed by atoms with Crippen molar-refractivity contribution in [2.75, 3.05) is 26.7 Å². The van der Waals surface area contributed by atoms with Gasteiger partial charge in [0.05, 0.1) is 6.10 Å². The molecule has 184 valence electrons. The summed E-state index contributed by atoms with van der Waals surface area (Å²) in [6.07, 6.45) is 8.06. The minimum Gasteiger partial charge on any atom is -0.381 e. The summed E-state index contributed by atoms with van der Waals surface area (Å²) in [6.45, 7) is 3.65. The van der Waals surface area contributed by atoms with Crippen molar-refractivity contribution in [3.8, 4) is 0 Å². The largest absolute Gasteiger partial charge is 0.381 e. The van der Waals surface area contributed by atoms with Crippen LogP contribution in [0.2, 0.25) is 5.02 Å². The Morgan fingerprint density at radius 2 is 1.76 bits per heavy atom. The SMILES string of the molecule is COC1CCC(CN2CCC(c3ccc4c(c3Cl)CN(C3CCC(=O)NC3=O)C4=O)CC2)CC1. The molecular weight excluding hydrogens is 454 g/mol. The number of likely N-dealkylation sites (tertiary alicyclic amines) is 1. The molecule has 3 heterocycles. The molecule has 5 rings (SSSR count). The fraction of sp³-hybridized carbons (Fsp3) is 0.654. The number of hydrogen-bond donors (Lipinski definition) is 1. The summed E-state index contributed by atoms with van der Waals surface area (Å²) in [4.78, 5) is 41.0. The van der Waals surface area contributed by atoms with Crippen molar-refractivity contribution >= 4 is 29.3 Å². The van der Waals surface area contributed by atoms with Crippen molar-refractivity contribution in [2.24, 2.45) is 5.92 Å². The Morgan fingerprint density at radius 1 is 1.03 bits per heavy atom. The Bertz CT molecular complexity index is 967. The van der Waals surface area contributed by atoms with Gasteiger partial charge in [-0.15, -0.1) is 0 Å². The molecular formula is C26H34ClN3O4. The molecule has 1 aromatic rings. The van der Waals surface area contributed by atoms with E-state index in [1.165, 1.54) is 32.2 Å². The molecule has 0 aromatic heterocycles. The van der Waals surface area contributed by atoms with Gasteiger partial charge < -0.3 is 14.5 Å². The molecule has 4 aliphatic rings. The van der Waals surface area contributed by atoms with Crippen LogP contribution >= 0.6 is 11.6 Å². The van der Waals surface area contributed by atoms with Crippen molar-refractivity contribution < 1.29 is 19.1 Å². The number of halogens is 1. The zero-order chi connectivity index (χ0) is 23.8. The minimum atomic E-state index is -0.612. The molecule has 1 N–H and O–H groups in total. The van der Waals surface area contributed by atoms with Crippen molar-refractivity contribution in [1.29, 1.82) is 0 Å². The maximum atomic E-state index is 13.0. The average Bonchev–Trinajstić information content (AvgIpc) is 3.17. The van der Waals surface area contributed by atoms with E-state index in [4.69, 9.17) is 16.3 Å². The lowest BCUT2D eigenvalue weighted by atomic mass is 9.85. The maximum Gasteiger partial charge on any atom is 0.255 e. The molecule has 1 saturated carbocycles. The molecule has 1 aromatic carbocycles. The van der Waals surface area contributed by atoms with Crippen molar-refractivity contribution in [2.45, 2.75) is 76.0 Å². The third-order valence-corrected chi connectivity index (χ3v) is 8.80. The third-order valence-electron chi connectivity index (χ3n) is 8.35. The van der Waals surface area contributed by atoms with Crippen molar-refractivity contribution in [1.82, 2.24) is 15.1 Å². The van der Waals surface area contributed by atoms with Gasteiger partial charge in [0.2, 0.25) is 11.8 Å². The quantitative estimate of drug-likeness (QED) is 0.643. The Labute approximate surface area is 206 Å². The van der Waals surface area contributed by atoms with Gasteiger partial charge in [0.1, 0.15) is 6.04 Å². The number of amides is 3. The Hall–Kier alpha value is -1.96. The van der Waals surface area contributed by atoms with Crippen LogP contribution < -0.4 is 5.32 Å². The second-order valence-corrected chi connectivity index (χ2v) is 10.7. The molecule has 0 radical (unpaired) electrons. The highest BCUT2D eigenvalue weighted by atomic mass is 35.5. The van der Waals surface area contributed by atoms with E-state index in [0.29, 0.717) is 35.6 Å². The van der Waals surface area contributed by atoms with Crippen LogP contribution in [0.25, 0.3) is 0 Å². The summed E-state index contributed by atoms with van der Waals surface area (Å²) in [5, 5.41) is 3.03. The van der Waals surface area contributed by atoms with E-state index in [2.05, 4.69) is 10.2 Å². The number of rotatable bonds is 5. The van der Waals surface area contributed by atoms with E-state index in [1.54, 1.807) is 4.90 Å². The minimum absolute atomic E-state index is 0.170. The number of ether oxygens (including phenoxy) is 1. The summed E-state index contributed by atoms with van der Waals surface area (Å²) in [5.74, 6) is 0.321. The normalized spacial score (nSPS) is 28.8. The summed E-state index contributed by atoms with van der Waals surface area (Å²) in [5.41, 5.74) is 2.53. The number of nitrogens with zero attached hydrogens (tertiary/aromatic N) is 2. The van der Waals surface area contributed by atoms with Gasteiger partial charge in [-0.3, -0.25) is 19.7 Å². The van der Waals surface area contributed by atoms with Gasteiger partial charge in [0.15, 0.2) is 0 Å². The number of benzene rings is 1. The van der Waals surface area contributed by atoms with Gasteiger partial charge in [-0.1, -0.05) is 17.7 Å². The first-order valence-corrected chi connectivity index (χ1v) is 13.0. The van der Waals surface area contributed by atoms with Crippen LogP contribution in [-0.4, -0.2) is 66.4 Å². The summed E-state index contributed by atoms with van der Waals surface area (Å²) >= 11 is 6.88. The molecule has 2 saturated heterocycles. The van der Waals surface area contributed by atoms with Gasteiger partial charge in [0.25, 0.3) is 5.91 Å². The van der Waals surface area contributed by atoms with E-state index in [9.17, 15) is 14.4 Å². The zero-order valence-corrected chi connectivity index (χ0v) is 20.6. The topological polar surface area (TPSA) is 79.0 Å². The number of carbonyl (C=O) groups excluding carboxylic acids is 3. The van der Waals surface area contributed by atoms with E-state index < -0.39 is 11.9 Å². The number of hydrogen-bond acceptors (Lipinski definition) is 5. The van der Waals surface area contributed by atoms with Crippen LogP contribution in [0, 0.1) is 5.92 Å². The van der Waals surface area contributed by atoms with Gasteiger partial charge in [0, 0.05) is 42.8 Å². The second-order valence-electron chi connectivity index (χ2n) is 10.3. The molecule has 7 nitrogen and oxygen atoms in total. The maximum absolute atomic E-state index is 13.0. The average molecular weight is 488 g/mol. The monoisotopic (exact) mass is 487 g/mol. The summed E-state index contributed by atoms with van der Waals surface area (Å²) in [7, 11) is 1.82. The molecule has 0 spiro atoms. The lowest BCUT2D eigenvalue weighted by Gasteiger charge is -2.36. The number of nitrogens with one attached hydrogen (secondary N) is 1. The van der Waals surface area contributed by atoms with Gasteiger partial charge in [-0.05, 0) is 81.5 Å². The molecule has 3 amide bonds. The van der Waals surface area contributed by atoms with Crippen LogP contribution in [0.15, 0.2) is 12.1 Å². The predicted octanol–water partition coefficient (Wildman–Crippen LogP) is 3.49. The number of fused-ring (bicyclic) bond motifs is 1. The summed E-state index contributed by atoms with van der Waals surface area (Å²) < 4.78 is 5.51. The van der Waals surface area contributed by atoms with E-state index in [1.807, 2.05) is 19.2 Å². The van der Waals surface area contributed by atoms with Crippen molar-refractivity contribution in [3.05, 3.63) is 33.8 Å². The third kappa shape index (κ3) is 4.62. The van der Waals surface area contributed by atoms with E-state index in [0.717, 1.165) is 43.0 Å². The number of piperidine rings is 2. The first-order chi connectivity index (χ1) is 16.4. The van der Waals surface area contributed by atoms with Gasteiger partial charge in [-0.25, -0.2) is 0 Å². The summed E-state index contributed by atoms with van der Waals surface area (Å²) in [6, 6.07) is 3.28. The highest BCUT2D eigenvalue weighted by Gasteiger charge is 2.40. The molecule has 1 unspecified atom stereocenters. The molecule has 1 atom stereocenters. The Morgan fingerprint density at radius 3 is 2.44 bits per heavy atom. The molecule has 1 aliphatic carbocycles. The van der Waals surface area contributed by atoms with Crippen LogP contribution in [-0.2, 0) is 20.9 Å². The molecule has 34 heavy (non-hydrogen) atoms. The Balaban J connectivity index is 1.21. The highest BCUT2D eigenvalue weighted by molar-refractivity contribution is 6.33. The van der Waals surface area contributed by atoms with Crippen LogP contribution in [0.3, 0.4) is 0 Å². The molecule has 3 aliphatic heterocycles. The zero-order valence-electron chi connectivity index (χ0n) is 19.9. The fourth-order valence-electron chi connectivity index (χ4n) is 6.28. The Kier molecular flexibility index (Phi) is 6.96. The van der Waals surface area contributed by atoms with Crippen molar-refractivity contribution in [3.63, 3.8) is 0 Å².